The van der Waals surface area contributed by atoms with Gasteiger partial charge in [0.1, 0.15) is 5.69 Å². The summed E-state index contributed by atoms with van der Waals surface area (Å²) in [4.78, 5) is 11.3. The van der Waals surface area contributed by atoms with Gasteiger partial charge in [0, 0.05) is 28.9 Å². The maximum absolute atomic E-state index is 11.3. The SMILES string of the molecule is CCn1ccc(-c2ccccc2Cl)c1C(=O)O. The summed E-state index contributed by atoms with van der Waals surface area (Å²) in [7, 11) is 0. The molecule has 0 aliphatic heterocycles. The van der Waals surface area contributed by atoms with Gasteiger partial charge in [0.2, 0.25) is 0 Å². The number of benzene rings is 1. The Balaban J connectivity index is 2.64. The second kappa shape index (κ2) is 4.63. The van der Waals surface area contributed by atoms with Gasteiger partial charge in [-0.3, -0.25) is 0 Å². The minimum atomic E-state index is -0.938. The number of aromatic carboxylic acids is 1. The molecule has 0 atom stereocenters. The molecule has 0 aliphatic carbocycles. The number of aromatic nitrogens is 1. The zero-order valence-electron chi connectivity index (χ0n) is 9.35. The quantitative estimate of drug-likeness (QED) is 0.904. The first kappa shape index (κ1) is 11.7. The highest BCUT2D eigenvalue weighted by Gasteiger charge is 2.17. The second-order valence-electron chi connectivity index (χ2n) is 3.65. The van der Waals surface area contributed by atoms with E-state index in [2.05, 4.69) is 0 Å². The average Bonchev–Trinajstić information content (AvgIpc) is 2.73. The topological polar surface area (TPSA) is 42.2 Å². The fraction of sp³-hybridized carbons (Fsp3) is 0.154. The van der Waals surface area contributed by atoms with Crippen LogP contribution in [0.5, 0.6) is 0 Å². The summed E-state index contributed by atoms with van der Waals surface area (Å²) in [6.07, 6.45) is 1.77. The lowest BCUT2D eigenvalue weighted by Gasteiger charge is -2.06. The molecule has 0 aliphatic rings. The Labute approximate surface area is 104 Å². The van der Waals surface area contributed by atoms with E-state index in [1.165, 1.54) is 0 Å². The van der Waals surface area contributed by atoms with E-state index < -0.39 is 5.97 Å². The molecule has 0 saturated carbocycles. The van der Waals surface area contributed by atoms with Crippen molar-refractivity contribution in [3.05, 3.63) is 47.2 Å². The summed E-state index contributed by atoms with van der Waals surface area (Å²) < 4.78 is 1.70. The first-order valence-electron chi connectivity index (χ1n) is 5.32. The van der Waals surface area contributed by atoms with Crippen molar-refractivity contribution in [2.24, 2.45) is 0 Å². The predicted octanol–water partition coefficient (Wildman–Crippen LogP) is 3.53. The van der Waals surface area contributed by atoms with Gasteiger partial charge >= 0.3 is 5.97 Å². The highest BCUT2D eigenvalue weighted by Crippen LogP contribution is 2.31. The predicted molar refractivity (Wildman–Crippen MR) is 67.5 cm³/mol. The maximum atomic E-state index is 11.3. The van der Waals surface area contributed by atoms with Gasteiger partial charge in [0.15, 0.2) is 0 Å². The lowest BCUT2D eigenvalue weighted by atomic mass is 10.1. The summed E-state index contributed by atoms with van der Waals surface area (Å²) in [6, 6.07) is 9.03. The number of halogens is 1. The van der Waals surface area contributed by atoms with Gasteiger partial charge < -0.3 is 9.67 Å². The normalized spacial score (nSPS) is 10.5. The van der Waals surface area contributed by atoms with Gasteiger partial charge in [0.25, 0.3) is 0 Å². The van der Waals surface area contributed by atoms with E-state index in [9.17, 15) is 9.90 Å². The Morgan fingerprint density at radius 2 is 2.00 bits per heavy atom. The summed E-state index contributed by atoms with van der Waals surface area (Å²) in [6.45, 7) is 2.52. The Bertz CT molecular complexity index is 560. The van der Waals surface area contributed by atoms with Crippen LogP contribution in [0, 0.1) is 0 Å². The molecule has 1 heterocycles. The zero-order valence-corrected chi connectivity index (χ0v) is 10.1. The first-order chi connectivity index (χ1) is 8.15. The van der Waals surface area contributed by atoms with Crippen LogP contribution in [0.25, 0.3) is 11.1 Å². The summed E-state index contributed by atoms with van der Waals surface area (Å²) >= 11 is 6.09. The van der Waals surface area contributed by atoms with Crippen molar-refractivity contribution in [1.29, 1.82) is 0 Å². The minimum Gasteiger partial charge on any atom is -0.477 e. The molecule has 0 unspecified atom stereocenters. The molecule has 1 N–H and O–H groups in total. The van der Waals surface area contributed by atoms with Crippen LogP contribution in [0.2, 0.25) is 5.02 Å². The van der Waals surface area contributed by atoms with Crippen molar-refractivity contribution in [2.45, 2.75) is 13.5 Å². The third-order valence-corrected chi connectivity index (χ3v) is 3.00. The van der Waals surface area contributed by atoms with Gasteiger partial charge in [-0.15, -0.1) is 0 Å². The Morgan fingerprint density at radius 3 is 2.59 bits per heavy atom. The highest BCUT2D eigenvalue weighted by molar-refractivity contribution is 6.33. The van der Waals surface area contributed by atoms with Gasteiger partial charge in [-0.25, -0.2) is 4.79 Å². The first-order valence-corrected chi connectivity index (χ1v) is 5.70. The van der Waals surface area contributed by atoms with E-state index in [0.717, 1.165) is 5.56 Å². The molecule has 0 radical (unpaired) electrons. The van der Waals surface area contributed by atoms with E-state index >= 15 is 0 Å². The molecule has 0 fully saturated rings. The summed E-state index contributed by atoms with van der Waals surface area (Å²) in [5, 5.41) is 9.81. The fourth-order valence-corrected chi connectivity index (χ4v) is 2.11. The molecule has 0 bridgehead atoms. The second-order valence-corrected chi connectivity index (χ2v) is 4.06. The summed E-state index contributed by atoms with van der Waals surface area (Å²) in [5.41, 5.74) is 1.68. The van der Waals surface area contributed by atoms with Crippen molar-refractivity contribution in [3.8, 4) is 11.1 Å². The number of nitrogens with zero attached hydrogens (tertiary/aromatic N) is 1. The van der Waals surface area contributed by atoms with Crippen LogP contribution in [-0.4, -0.2) is 15.6 Å². The average molecular weight is 250 g/mol. The van der Waals surface area contributed by atoms with Gasteiger partial charge in [-0.1, -0.05) is 29.8 Å². The molecule has 2 rings (SSSR count). The van der Waals surface area contributed by atoms with Gasteiger partial charge in [-0.2, -0.15) is 0 Å². The van der Waals surface area contributed by atoms with Crippen molar-refractivity contribution >= 4 is 17.6 Å². The standard InChI is InChI=1S/C13H12ClNO2/c1-2-15-8-7-10(12(15)13(16)17)9-5-3-4-6-11(9)14/h3-8H,2H2,1H3,(H,16,17). The number of rotatable bonds is 3. The summed E-state index contributed by atoms with van der Waals surface area (Å²) in [5.74, 6) is -0.938. The smallest absolute Gasteiger partial charge is 0.353 e. The van der Waals surface area contributed by atoms with E-state index in [0.29, 0.717) is 17.1 Å². The highest BCUT2D eigenvalue weighted by atomic mass is 35.5. The van der Waals surface area contributed by atoms with Crippen molar-refractivity contribution in [3.63, 3.8) is 0 Å². The number of carboxylic acid groups (broad SMARTS) is 1. The molecule has 3 nitrogen and oxygen atoms in total. The molecule has 0 saturated heterocycles. The largest absolute Gasteiger partial charge is 0.477 e. The molecule has 1 aromatic carbocycles. The van der Waals surface area contributed by atoms with E-state index in [1.54, 1.807) is 22.9 Å². The number of aryl methyl sites for hydroxylation is 1. The molecule has 88 valence electrons. The molecular formula is C13H12ClNO2. The Hall–Kier alpha value is -1.74. The third-order valence-electron chi connectivity index (χ3n) is 2.67. The minimum absolute atomic E-state index is 0.278. The van der Waals surface area contributed by atoms with Crippen LogP contribution in [0.4, 0.5) is 0 Å². The number of carboxylic acids is 1. The van der Waals surface area contributed by atoms with Gasteiger partial charge in [0.05, 0.1) is 0 Å². The lowest BCUT2D eigenvalue weighted by Crippen LogP contribution is -2.07. The number of hydrogen-bond donors (Lipinski definition) is 1. The number of carbonyl (C=O) groups is 1. The lowest BCUT2D eigenvalue weighted by molar-refractivity contribution is 0.0686. The molecule has 4 heteroatoms. The van der Waals surface area contributed by atoms with Crippen LogP contribution in [-0.2, 0) is 6.54 Å². The Kier molecular flexibility index (Phi) is 3.20. The Morgan fingerprint density at radius 1 is 1.29 bits per heavy atom. The van der Waals surface area contributed by atoms with Gasteiger partial charge in [-0.05, 0) is 19.1 Å². The molecule has 0 spiro atoms. The maximum Gasteiger partial charge on any atom is 0.353 e. The monoisotopic (exact) mass is 249 g/mol. The fourth-order valence-electron chi connectivity index (χ4n) is 1.87. The van der Waals surface area contributed by atoms with E-state index in [1.807, 2.05) is 25.1 Å². The van der Waals surface area contributed by atoms with Crippen LogP contribution in [0.15, 0.2) is 36.5 Å². The van der Waals surface area contributed by atoms with Crippen molar-refractivity contribution in [2.75, 3.05) is 0 Å². The van der Waals surface area contributed by atoms with Crippen LogP contribution in [0.1, 0.15) is 17.4 Å². The van der Waals surface area contributed by atoms with Crippen LogP contribution >= 0.6 is 11.6 Å². The zero-order chi connectivity index (χ0) is 12.4. The van der Waals surface area contributed by atoms with E-state index in [4.69, 9.17) is 11.6 Å². The van der Waals surface area contributed by atoms with E-state index in [-0.39, 0.29) is 5.69 Å². The molecule has 1 aromatic heterocycles. The number of hydrogen-bond acceptors (Lipinski definition) is 1. The molecular weight excluding hydrogens is 238 g/mol. The van der Waals surface area contributed by atoms with Crippen molar-refractivity contribution in [1.82, 2.24) is 4.57 Å². The molecule has 0 amide bonds. The van der Waals surface area contributed by atoms with Crippen LogP contribution < -0.4 is 0 Å². The van der Waals surface area contributed by atoms with Crippen molar-refractivity contribution < 1.29 is 9.90 Å². The van der Waals surface area contributed by atoms with Crippen LogP contribution in [0.3, 0.4) is 0 Å². The molecule has 2 aromatic rings. The third kappa shape index (κ3) is 2.06. The molecule has 17 heavy (non-hydrogen) atoms.